The van der Waals surface area contributed by atoms with Gasteiger partial charge in [-0.2, -0.15) is 0 Å². The quantitative estimate of drug-likeness (QED) is 0.167. The van der Waals surface area contributed by atoms with Crippen molar-refractivity contribution in [1.29, 1.82) is 0 Å². The van der Waals surface area contributed by atoms with Gasteiger partial charge in [-0.1, -0.05) is 88.3 Å². The largest absolute Gasteiger partial charge is 0.344 e. The zero-order valence-corrected chi connectivity index (χ0v) is 16.7. The lowest BCUT2D eigenvalue weighted by molar-refractivity contribution is 0.425. The van der Waals surface area contributed by atoms with Gasteiger partial charge in [-0.05, 0) is 18.8 Å². The third-order valence-corrected chi connectivity index (χ3v) is 8.58. The monoisotopic (exact) mass is 416 g/mol. The molecule has 0 aliphatic carbocycles. The molecule has 0 aromatic rings. The molecule has 122 valence electrons. The molecular weight excluding hydrogens is 382 g/mol. The highest BCUT2D eigenvalue weighted by Crippen LogP contribution is 2.51. The third kappa shape index (κ3) is 9.04. The van der Waals surface area contributed by atoms with Crippen LogP contribution in [0.4, 0.5) is 0 Å². The van der Waals surface area contributed by atoms with Crippen molar-refractivity contribution in [1.82, 2.24) is 0 Å². The molecule has 0 saturated heterocycles. The van der Waals surface area contributed by atoms with E-state index < -0.39 is 7.37 Å². The number of alkyl halides is 1. The van der Waals surface area contributed by atoms with Crippen LogP contribution >= 0.6 is 30.0 Å². The fraction of sp³-hybridized carbons (Fsp3) is 1.00. The normalized spacial score (nSPS) is 17.6. The predicted octanol–water partition coefficient (Wildman–Crippen LogP) is 6.25. The van der Waals surface area contributed by atoms with Crippen LogP contribution < -0.4 is 0 Å². The Morgan fingerprint density at radius 1 is 1.00 bits per heavy atom. The molecule has 0 amide bonds. The summed E-state index contributed by atoms with van der Waals surface area (Å²) in [7, 11) is -2.97. The second kappa shape index (κ2) is 12.5. The molecule has 0 aromatic carbocycles. The second-order valence-electron chi connectivity index (χ2n) is 6.01. The van der Waals surface area contributed by atoms with Crippen LogP contribution in [0, 0.1) is 5.92 Å². The summed E-state index contributed by atoms with van der Waals surface area (Å²) in [6.45, 7) is 6.54. The third-order valence-electron chi connectivity index (χ3n) is 4.20. The van der Waals surface area contributed by atoms with Crippen molar-refractivity contribution in [2.24, 2.45) is 5.92 Å². The Balaban J connectivity index is 4.35. The summed E-state index contributed by atoms with van der Waals surface area (Å²) in [5, 5.41) is 0. The van der Waals surface area contributed by atoms with Crippen LogP contribution in [-0.2, 0) is 4.57 Å². The molecule has 3 unspecified atom stereocenters. The summed E-state index contributed by atoms with van der Waals surface area (Å²) in [4.78, 5) is 10.5. The van der Waals surface area contributed by atoms with Crippen LogP contribution in [0.15, 0.2) is 0 Å². The molecule has 3 atom stereocenters. The van der Waals surface area contributed by atoms with Gasteiger partial charge in [0.25, 0.3) is 0 Å². The maximum atomic E-state index is 12.7. The van der Waals surface area contributed by atoms with Gasteiger partial charge >= 0.3 is 0 Å². The van der Waals surface area contributed by atoms with E-state index in [1.54, 1.807) is 0 Å². The van der Waals surface area contributed by atoms with E-state index in [4.69, 9.17) is 0 Å². The van der Waals surface area contributed by atoms with Gasteiger partial charge in [0.05, 0.1) is 0 Å². The van der Waals surface area contributed by atoms with Crippen molar-refractivity contribution in [3.8, 4) is 0 Å². The molecule has 0 radical (unpaired) electrons. The lowest BCUT2D eigenvalue weighted by Gasteiger charge is -2.25. The first-order valence-corrected chi connectivity index (χ1v) is 11.8. The highest BCUT2D eigenvalue weighted by molar-refractivity contribution is 14.1. The van der Waals surface area contributed by atoms with E-state index in [-0.39, 0.29) is 5.66 Å². The molecule has 2 nitrogen and oxygen atoms in total. The molecule has 0 aromatic heterocycles. The molecule has 0 aliphatic heterocycles. The molecule has 0 rings (SSSR count). The van der Waals surface area contributed by atoms with E-state index in [2.05, 4.69) is 43.4 Å². The van der Waals surface area contributed by atoms with Gasteiger partial charge in [-0.3, -0.25) is 4.57 Å². The van der Waals surface area contributed by atoms with Gasteiger partial charge in [0, 0.05) is 16.2 Å². The average molecular weight is 416 g/mol. The zero-order chi connectivity index (χ0) is 15.4. The smallest absolute Gasteiger partial charge is 0.204 e. The van der Waals surface area contributed by atoms with Gasteiger partial charge in [-0.25, -0.2) is 0 Å². The van der Waals surface area contributed by atoms with Gasteiger partial charge in [0.15, 0.2) is 0 Å². The first-order chi connectivity index (χ1) is 9.51. The molecule has 0 spiro atoms. The van der Waals surface area contributed by atoms with Crippen LogP contribution in [0.3, 0.4) is 0 Å². The molecule has 0 aliphatic rings. The minimum absolute atomic E-state index is 0.0237. The van der Waals surface area contributed by atoms with Gasteiger partial charge in [0.2, 0.25) is 7.37 Å². The summed E-state index contributed by atoms with van der Waals surface area (Å²) in [5.74, 6) is 0.437. The Kier molecular flexibility index (Phi) is 13.0. The molecule has 0 heterocycles. The lowest BCUT2D eigenvalue weighted by Crippen LogP contribution is -2.17. The minimum atomic E-state index is -2.97. The summed E-state index contributed by atoms with van der Waals surface area (Å²) >= 11 is 2.29. The first-order valence-electron chi connectivity index (χ1n) is 8.39. The zero-order valence-electron chi connectivity index (χ0n) is 13.6. The van der Waals surface area contributed by atoms with E-state index in [1.165, 1.54) is 32.1 Å². The van der Waals surface area contributed by atoms with Crippen LogP contribution in [0.1, 0.15) is 78.6 Å². The molecule has 20 heavy (non-hydrogen) atoms. The molecule has 0 saturated carbocycles. The standard InChI is InChI=1S/C16H34IO2P/c1-4-7-9-10-12-16(13-17)20(18,19)14-15(6-3)11-8-5-2/h15-16H,4-14H2,1-3H3,(H,18,19). The summed E-state index contributed by atoms with van der Waals surface area (Å²) in [5.41, 5.74) is 0.0237. The Bertz CT molecular complexity index is 271. The van der Waals surface area contributed by atoms with Crippen molar-refractivity contribution in [2.75, 3.05) is 10.6 Å². The van der Waals surface area contributed by atoms with Crippen LogP contribution in [0.5, 0.6) is 0 Å². The van der Waals surface area contributed by atoms with E-state index in [0.29, 0.717) is 12.1 Å². The van der Waals surface area contributed by atoms with E-state index in [9.17, 15) is 9.46 Å². The maximum absolute atomic E-state index is 12.7. The topological polar surface area (TPSA) is 37.3 Å². The molecular formula is C16H34IO2P. The van der Waals surface area contributed by atoms with Crippen LogP contribution in [0.25, 0.3) is 0 Å². The van der Waals surface area contributed by atoms with Gasteiger partial charge in [-0.15, -0.1) is 0 Å². The minimum Gasteiger partial charge on any atom is -0.344 e. The molecule has 1 N–H and O–H groups in total. The lowest BCUT2D eigenvalue weighted by atomic mass is 10.0. The fourth-order valence-corrected chi connectivity index (χ4v) is 7.20. The fourth-order valence-electron chi connectivity index (χ4n) is 2.63. The summed E-state index contributed by atoms with van der Waals surface area (Å²) in [6, 6.07) is 0. The van der Waals surface area contributed by atoms with Gasteiger partial charge < -0.3 is 4.89 Å². The number of hydrogen-bond donors (Lipinski definition) is 1. The van der Waals surface area contributed by atoms with Crippen molar-refractivity contribution >= 4 is 30.0 Å². The highest BCUT2D eigenvalue weighted by Gasteiger charge is 2.31. The summed E-state index contributed by atoms with van der Waals surface area (Å²) < 4.78 is 13.5. The number of rotatable bonds is 13. The first kappa shape index (κ1) is 20.9. The predicted molar refractivity (Wildman–Crippen MR) is 99.4 cm³/mol. The Morgan fingerprint density at radius 3 is 2.15 bits per heavy atom. The van der Waals surface area contributed by atoms with Crippen molar-refractivity contribution in [3.63, 3.8) is 0 Å². The van der Waals surface area contributed by atoms with Gasteiger partial charge in [0.1, 0.15) is 0 Å². The number of halogens is 1. The molecule has 0 bridgehead atoms. The highest BCUT2D eigenvalue weighted by atomic mass is 127. The Labute approximate surface area is 140 Å². The van der Waals surface area contributed by atoms with Crippen molar-refractivity contribution in [2.45, 2.75) is 84.2 Å². The number of hydrogen-bond acceptors (Lipinski definition) is 1. The average Bonchev–Trinajstić information content (AvgIpc) is 2.43. The van der Waals surface area contributed by atoms with E-state index in [0.717, 1.165) is 30.1 Å². The maximum Gasteiger partial charge on any atom is 0.204 e. The SMILES string of the molecule is CCCCCCC(CI)P(=O)(O)CC(CC)CCCC. The van der Waals surface area contributed by atoms with E-state index >= 15 is 0 Å². The van der Waals surface area contributed by atoms with Crippen molar-refractivity contribution < 1.29 is 9.46 Å². The Hall–Kier alpha value is 0.920. The summed E-state index contributed by atoms with van der Waals surface area (Å²) in [6.07, 6.45) is 10.8. The Morgan fingerprint density at radius 2 is 1.65 bits per heavy atom. The second-order valence-corrected chi connectivity index (χ2v) is 9.50. The van der Waals surface area contributed by atoms with E-state index in [1.807, 2.05) is 0 Å². The van der Waals surface area contributed by atoms with Crippen LogP contribution in [0.2, 0.25) is 0 Å². The number of unbranched alkanes of at least 4 members (excludes halogenated alkanes) is 4. The molecule has 4 heteroatoms. The molecule has 0 fully saturated rings. The van der Waals surface area contributed by atoms with Crippen LogP contribution in [-0.4, -0.2) is 21.1 Å². The van der Waals surface area contributed by atoms with Crippen molar-refractivity contribution in [3.05, 3.63) is 0 Å².